The molecular formula is C22H29NO3. The van der Waals surface area contributed by atoms with Crippen LogP contribution in [0, 0.1) is 5.92 Å². The van der Waals surface area contributed by atoms with E-state index in [-0.39, 0.29) is 5.91 Å². The quantitative estimate of drug-likeness (QED) is 0.569. The third-order valence-electron chi connectivity index (χ3n) is 3.92. The van der Waals surface area contributed by atoms with Crippen LogP contribution in [0.4, 0.5) is 5.69 Å². The summed E-state index contributed by atoms with van der Waals surface area (Å²) in [6.45, 7) is 7.79. The molecule has 4 heteroatoms. The van der Waals surface area contributed by atoms with Crippen molar-refractivity contribution in [2.75, 3.05) is 18.5 Å². The van der Waals surface area contributed by atoms with Gasteiger partial charge in [-0.2, -0.15) is 0 Å². The van der Waals surface area contributed by atoms with Gasteiger partial charge in [-0.3, -0.25) is 4.79 Å². The second-order valence-electron chi connectivity index (χ2n) is 6.74. The molecule has 4 nitrogen and oxygen atoms in total. The Kier molecular flexibility index (Phi) is 8.00. The monoisotopic (exact) mass is 355 g/mol. The van der Waals surface area contributed by atoms with Crippen molar-refractivity contribution < 1.29 is 14.3 Å². The van der Waals surface area contributed by atoms with Gasteiger partial charge in [-0.25, -0.2) is 0 Å². The number of anilines is 1. The van der Waals surface area contributed by atoms with Crippen molar-refractivity contribution >= 4 is 11.6 Å². The number of rotatable bonds is 10. The molecule has 2 aromatic rings. The summed E-state index contributed by atoms with van der Waals surface area (Å²) in [5.41, 5.74) is 1.29. The van der Waals surface area contributed by atoms with E-state index in [1.807, 2.05) is 36.4 Å². The Balaban J connectivity index is 1.95. The fourth-order valence-electron chi connectivity index (χ4n) is 2.34. The molecule has 0 aliphatic carbocycles. The maximum absolute atomic E-state index is 12.5. The van der Waals surface area contributed by atoms with Crippen molar-refractivity contribution in [1.29, 1.82) is 0 Å². The molecule has 0 heterocycles. The molecule has 2 rings (SSSR count). The second kappa shape index (κ2) is 10.5. The van der Waals surface area contributed by atoms with E-state index in [0.29, 0.717) is 30.4 Å². The zero-order chi connectivity index (χ0) is 18.8. The molecule has 0 unspecified atom stereocenters. The number of ether oxygens (including phenoxy) is 2. The smallest absolute Gasteiger partial charge is 0.255 e. The number of benzene rings is 2. The summed E-state index contributed by atoms with van der Waals surface area (Å²) >= 11 is 0. The van der Waals surface area contributed by atoms with Crippen LogP contribution in [0.2, 0.25) is 0 Å². The summed E-state index contributed by atoms with van der Waals surface area (Å²) in [6.07, 6.45) is 3.08. The van der Waals surface area contributed by atoms with E-state index < -0.39 is 0 Å². The Morgan fingerprint density at radius 1 is 1.00 bits per heavy atom. The van der Waals surface area contributed by atoms with Crippen molar-refractivity contribution in [1.82, 2.24) is 0 Å². The number of nitrogens with one attached hydrogen (secondary N) is 1. The summed E-state index contributed by atoms with van der Waals surface area (Å²) in [5, 5.41) is 2.92. The lowest BCUT2D eigenvalue weighted by atomic mass is 10.1. The second-order valence-corrected chi connectivity index (χ2v) is 6.74. The Morgan fingerprint density at radius 2 is 1.69 bits per heavy atom. The van der Waals surface area contributed by atoms with Crippen LogP contribution in [-0.4, -0.2) is 19.1 Å². The molecule has 0 spiro atoms. The molecule has 0 radical (unpaired) electrons. The van der Waals surface area contributed by atoms with E-state index in [4.69, 9.17) is 9.47 Å². The first-order chi connectivity index (χ1) is 12.6. The van der Waals surface area contributed by atoms with Gasteiger partial charge in [0.25, 0.3) is 5.91 Å². The Bertz CT molecular complexity index is 697. The number of amides is 1. The van der Waals surface area contributed by atoms with Crippen molar-refractivity contribution in [2.45, 2.75) is 40.0 Å². The number of carbonyl (C=O) groups excluding carboxylic acids is 1. The lowest BCUT2D eigenvalue weighted by molar-refractivity contribution is 0.102. The van der Waals surface area contributed by atoms with Gasteiger partial charge in [0.05, 0.1) is 13.2 Å². The topological polar surface area (TPSA) is 47.6 Å². The number of unbranched alkanes of at least 4 members (excludes halogenated alkanes) is 1. The highest BCUT2D eigenvalue weighted by atomic mass is 16.5. The van der Waals surface area contributed by atoms with Crippen LogP contribution < -0.4 is 14.8 Å². The van der Waals surface area contributed by atoms with Gasteiger partial charge in [0, 0.05) is 17.3 Å². The first-order valence-corrected chi connectivity index (χ1v) is 9.35. The molecule has 0 atom stereocenters. The number of hydrogen-bond donors (Lipinski definition) is 1. The van der Waals surface area contributed by atoms with E-state index in [0.717, 1.165) is 30.8 Å². The predicted molar refractivity (Wildman–Crippen MR) is 106 cm³/mol. The third kappa shape index (κ3) is 6.79. The zero-order valence-corrected chi connectivity index (χ0v) is 16.0. The minimum Gasteiger partial charge on any atom is -0.494 e. The Labute approximate surface area is 156 Å². The van der Waals surface area contributed by atoms with Gasteiger partial charge in [-0.1, -0.05) is 39.3 Å². The number of hydrogen-bond acceptors (Lipinski definition) is 3. The largest absolute Gasteiger partial charge is 0.494 e. The standard InChI is InChI=1S/C22H29NO3/c1-4-5-13-25-20-10-6-8-18(15-20)22(24)23-19-9-7-11-21(16-19)26-14-12-17(2)3/h6-11,15-17H,4-5,12-14H2,1-3H3,(H,23,24). The van der Waals surface area contributed by atoms with Gasteiger partial charge >= 0.3 is 0 Å². The fraction of sp³-hybridized carbons (Fsp3) is 0.409. The van der Waals surface area contributed by atoms with Crippen LogP contribution in [0.5, 0.6) is 11.5 Å². The minimum absolute atomic E-state index is 0.162. The lowest BCUT2D eigenvalue weighted by Gasteiger charge is -2.11. The highest BCUT2D eigenvalue weighted by Gasteiger charge is 2.08. The van der Waals surface area contributed by atoms with Gasteiger partial charge in [0.15, 0.2) is 0 Å². The summed E-state index contributed by atoms with van der Waals surface area (Å²) in [7, 11) is 0. The average Bonchev–Trinajstić information content (AvgIpc) is 2.62. The van der Waals surface area contributed by atoms with Gasteiger partial charge in [-0.05, 0) is 49.1 Å². The van der Waals surface area contributed by atoms with E-state index in [1.54, 1.807) is 12.1 Å². The summed E-state index contributed by atoms with van der Waals surface area (Å²) in [4.78, 5) is 12.5. The van der Waals surface area contributed by atoms with Crippen LogP contribution in [-0.2, 0) is 0 Å². The van der Waals surface area contributed by atoms with Gasteiger partial charge in [0.2, 0.25) is 0 Å². The Morgan fingerprint density at radius 3 is 2.42 bits per heavy atom. The molecular weight excluding hydrogens is 326 g/mol. The van der Waals surface area contributed by atoms with Crippen LogP contribution in [0.3, 0.4) is 0 Å². The van der Waals surface area contributed by atoms with Gasteiger partial charge < -0.3 is 14.8 Å². The number of carbonyl (C=O) groups is 1. The molecule has 0 saturated carbocycles. The van der Waals surface area contributed by atoms with E-state index >= 15 is 0 Å². The van der Waals surface area contributed by atoms with Crippen molar-refractivity contribution in [3.05, 3.63) is 54.1 Å². The van der Waals surface area contributed by atoms with Crippen molar-refractivity contribution in [3.8, 4) is 11.5 Å². The molecule has 0 aliphatic rings. The molecule has 0 fully saturated rings. The van der Waals surface area contributed by atoms with Crippen LogP contribution >= 0.6 is 0 Å². The van der Waals surface area contributed by atoms with Crippen LogP contribution in [0.1, 0.15) is 50.4 Å². The molecule has 140 valence electrons. The maximum Gasteiger partial charge on any atom is 0.255 e. The van der Waals surface area contributed by atoms with Crippen LogP contribution in [0.25, 0.3) is 0 Å². The molecule has 0 saturated heterocycles. The van der Waals surface area contributed by atoms with Crippen molar-refractivity contribution in [2.24, 2.45) is 5.92 Å². The van der Waals surface area contributed by atoms with Crippen molar-refractivity contribution in [3.63, 3.8) is 0 Å². The molecule has 0 aliphatic heterocycles. The first kappa shape index (κ1) is 19.8. The van der Waals surface area contributed by atoms with Crippen LogP contribution in [0.15, 0.2) is 48.5 Å². The van der Waals surface area contributed by atoms with E-state index in [1.165, 1.54) is 0 Å². The summed E-state index contributed by atoms with van der Waals surface area (Å²) in [6, 6.07) is 14.7. The average molecular weight is 355 g/mol. The highest BCUT2D eigenvalue weighted by Crippen LogP contribution is 2.20. The van der Waals surface area contributed by atoms with Gasteiger partial charge in [0.1, 0.15) is 11.5 Å². The molecule has 26 heavy (non-hydrogen) atoms. The lowest BCUT2D eigenvalue weighted by Crippen LogP contribution is -2.12. The summed E-state index contributed by atoms with van der Waals surface area (Å²) < 4.78 is 11.4. The molecule has 2 aromatic carbocycles. The first-order valence-electron chi connectivity index (χ1n) is 9.35. The predicted octanol–water partition coefficient (Wildman–Crippen LogP) is 5.54. The summed E-state index contributed by atoms with van der Waals surface area (Å²) in [5.74, 6) is 1.92. The van der Waals surface area contributed by atoms with E-state index in [2.05, 4.69) is 26.1 Å². The molecule has 1 amide bonds. The minimum atomic E-state index is -0.162. The Hall–Kier alpha value is -2.49. The third-order valence-corrected chi connectivity index (χ3v) is 3.92. The van der Waals surface area contributed by atoms with E-state index in [9.17, 15) is 4.79 Å². The SMILES string of the molecule is CCCCOc1cccc(C(=O)Nc2cccc(OCCC(C)C)c2)c1. The molecule has 1 N–H and O–H groups in total. The van der Waals surface area contributed by atoms with Gasteiger partial charge in [-0.15, -0.1) is 0 Å². The highest BCUT2D eigenvalue weighted by molar-refractivity contribution is 6.04. The normalized spacial score (nSPS) is 10.6. The molecule has 0 bridgehead atoms. The molecule has 0 aromatic heterocycles. The maximum atomic E-state index is 12.5. The fourth-order valence-corrected chi connectivity index (χ4v) is 2.34. The zero-order valence-electron chi connectivity index (χ0n) is 16.0.